The van der Waals surface area contributed by atoms with E-state index in [0.29, 0.717) is 34.4 Å². The number of benzene rings is 7. The van der Waals surface area contributed by atoms with Crippen molar-refractivity contribution >= 4 is 65.8 Å². The normalized spacial score (nSPS) is 11.8. The molecule has 294 valence electrons. The van der Waals surface area contributed by atoms with Crippen LogP contribution in [0.15, 0.2) is 183 Å². The van der Waals surface area contributed by atoms with Gasteiger partial charge in [0, 0.05) is 16.7 Å². The van der Waals surface area contributed by atoms with Gasteiger partial charge in [0.05, 0.1) is 35.7 Å². The first-order valence-corrected chi connectivity index (χ1v) is 20.4. The van der Waals surface area contributed by atoms with Gasteiger partial charge in [0.2, 0.25) is 0 Å². The molecule has 0 N–H and O–H groups in total. The minimum absolute atomic E-state index is 0.566. The van der Waals surface area contributed by atoms with Crippen molar-refractivity contribution in [2.75, 3.05) is 0 Å². The Hall–Kier alpha value is -9.03. The fourth-order valence-electron chi connectivity index (χ4n) is 8.79. The molecule has 63 heavy (non-hydrogen) atoms. The lowest BCUT2D eigenvalue weighted by Gasteiger charge is -2.18. The number of rotatable bonds is 6. The Kier molecular flexibility index (Phi) is 7.60. The van der Waals surface area contributed by atoms with Crippen LogP contribution in [0.3, 0.4) is 0 Å². The summed E-state index contributed by atoms with van der Waals surface area (Å²) in [6.45, 7) is 0. The van der Waals surface area contributed by atoms with Gasteiger partial charge in [-0.3, -0.25) is 13.7 Å². The Morgan fingerprint density at radius 2 is 0.603 bits per heavy atom. The van der Waals surface area contributed by atoms with Crippen molar-refractivity contribution in [2.24, 2.45) is 0 Å². The molecule has 12 heteroatoms. The number of fused-ring (bicyclic) bond motifs is 6. The molecule has 0 atom stereocenters. The summed E-state index contributed by atoms with van der Waals surface area (Å²) in [7, 11) is 0. The molecule has 0 amide bonds. The number of nitrogens with zero attached hydrogens (tertiary/aromatic N) is 12. The highest BCUT2D eigenvalue weighted by atomic mass is 15.2. The van der Waals surface area contributed by atoms with Gasteiger partial charge in [-0.05, 0) is 68.7 Å². The van der Waals surface area contributed by atoms with Crippen molar-refractivity contribution in [3.63, 3.8) is 0 Å². The quantitative estimate of drug-likeness (QED) is 0.161. The Morgan fingerprint density at radius 3 is 0.921 bits per heavy atom. The third kappa shape index (κ3) is 5.66. The predicted octanol–water partition coefficient (Wildman–Crippen LogP) is 10.5. The third-order valence-corrected chi connectivity index (χ3v) is 11.7. The van der Waals surface area contributed by atoms with Crippen LogP contribution in [0, 0.1) is 0 Å². The summed E-state index contributed by atoms with van der Waals surface area (Å²) in [5.74, 6) is 2.13. The first-order valence-electron chi connectivity index (χ1n) is 20.4. The maximum Gasteiger partial charge on any atom is 0.181 e. The molecule has 0 unspecified atom stereocenters. The molecule has 6 heterocycles. The van der Waals surface area contributed by atoms with Crippen LogP contribution >= 0.6 is 0 Å². The molecule has 0 aliphatic carbocycles. The zero-order valence-corrected chi connectivity index (χ0v) is 33.2. The average molecular weight is 811 g/mol. The van der Waals surface area contributed by atoms with Crippen LogP contribution in [0.1, 0.15) is 0 Å². The summed E-state index contributed by atoms with van der Waals surface area (Å²) in [4.78, 5) is 43.0. The molecular formula is C51H30N12. The second-order valence-corrected chi connectivity index (χ2v) is 15.4. The number of hydrogen-bond donors (Lipinski definition) is 0. The van der Waals surface area contributed by atoms with Crippen molar-refractivity contribution in [1.29, 1.82) is 0 Å². The maximum absolute atomic E-state index is 5.17. The van der Waals surface area contributed by atoms with E-state index in [9.17, 15) is 0 Å². The second kappa shape index (κ2) is 13.8. The van der Waals surface area contributed by atoms with Gasteiger partial charge >= 0.3 is 0 Å². The van der Waals surface area contributed by atoms with E-state index in [4.69, 9.17) is 15.0 Å². The molecule has 0 spiro atoms. The molecular weight excluding hydrogens is 781 g/mol. The van der Waals surface area contributed by atoms with E-state index in [1.807, 2.05) is 36.8 Å². The van der Waals surface area contributed by atoms with Gasteiger partial charge in [0.15, 0.2) is 16.9 Å². The molecule has 13 rings (SSSR count). The molecule has 0 fully saturated rings. The summed E-state index contributed by atoms with van der Waals surface area (Å²) in [6.07, 6.45) is 10.0. The van der Waals surface area contributed by atoms with E-state index < -0.39 is 0 Å². The molecule has 12 nitrogen and oxygen atoms in total. The zero-order chi connectivity index (χ0) is 41.4. The zero-order valence-electron chi connectivity index (χ0n) is 33.2. The van der Waals surface area contributed by atoms with Crippen molar-refractivity contribution in [1.82, 2.24) is 58.6 Å². The molecule has 0 saturated carbocycles. The van der Waals surface area contributed by atoms with Crippen LogP contribution in [0.25, 0.3) is 117 Å². The lowest BCUT2D eigenvalue weighted by atomic mass is 10.1. The number of imidazole rings is 3. The van der Waals surface area contributed by atoms with Crippen LogP contribution in [-0.4, -0.2) is 58.6 Å². The summed E-state index contributed by atoms with van der Waals surface area (Å²) in [5.41, 5.74) is 9.10. The van der Waals surface area contributed by atoms with E-state index in [1.54, 1.807) is 0 Å². The monoisotopic (exact) mass is 810 g/mol. The maximum atomic E-state index is 5.17. The Morgan fingerprint density at radius 1 is 0.302 bits per heavy atom. The van der Waals surface area contributed by atoms with E-state index in [-0.39, 0.29) is 0 Å². The van der Waals surface area contributed by atoms with Gasteiger partial charge < -0.3 is 0 Å². The van der Waals surface area contributed by atoms with Crippen LogP contribution in [0.4, 0.5) is 0 Å². The van der Waals surface area contributed by atoms with Crippen molar-refractivity contribution in [3.05, 3.63) is 183 Å². The standard InChI is InChI=1S/C51H30N12/c1-4-10-34-19-37(16-13-31(34)7-1)49-58-46-43(25-52-28-55-46)61(49)40-22-41(62-44-26-53-29-56-47(44)59-50(62)38-17-14-32-8-2-5-11-35(32)20-38)24-42(23-40)63-45-27-54-30-57-48(45)60-51(63)39-18-15-33-9-3-6-12-36(33)21-39/h1-30H. The fraction of sp³-hybridized carbons (Fsp3) is 0. The second-order valence-electron chi connectivity index (χ2n) is 15.4. The van der Waals surface area contributed by atoms with Gasteiger partial charge in [-0.2, -0.15) is 0 Å². The molecule has 0 aliphatic heterocycles. The first kappa shape index (κ1) is 34.8. The molecule has 0 bridgehead atoms. The minimum atomic E-state index is 0.566. The van der Waals surface area contributed by atoms with Crippen molar-refractivity contribution < 1.29 is 0 Å². The van der Waals surface area contributed by atoms with E-state index in [2.05, 4.69) is 171 Å². The van der Waals surface area contributed by atoms with E-state index in [1.165, 1.54) is 19.0 Å². The van der Waals surface area contributed by atoms with Crippen molar-refractivity contribution in [3.8, 4) is 51.2 Å². The number of hydrogen-bond acceptors (Lipinski definition) is 9. The Balaban J connectivity index is 1.14. The topological polar surface area (TPSA) is 131 Å². The molecule has 0 saturated heterocycles. The molecule has 6 aromatic heterocycles. The van der Waals surface area contributed by atoms with Gasteiger partial charge in [0.1, 0.15) is 53.0 Å². The van der Waals surface area contributed by atoms with E-state index >= 15 is 0 Å². The molecule has 0 radical (unpaired) electrons. The Bertz CT molecular complexity index is 3540. The summed E-state index contributed by atoms with van der Waals surface area (Å²) >= 11 is 0. The number of aromatic nitrogens is 12. The highest BCUT2D eigenvalue weighted by molar-refractivity contribution is 5.92. The van der Waals surface area contributed by atoms with Gasteiger partial charge in [-0.15, -0.1) is 0 Å². The van der Waals surface area contributed by atoms with Crippen LogP contribution in [0.5, 0.6) is 0 Å². The van der Waals surface area contributed by atoms with Gasteiger partial charge in [-0.1, -0.05) is 109 Å². The van der Waals surface area contributed by atoms with Crippen LogP contribution in [0.2, 0.25) is 0 Å². The van der Waals surface area contributed by atoms with Crippen molar-refractivity contribution in [2.45, 2.75) is 0 Å². The van der Waals surface area contributed by atoms with Gasteiger partial charge in [0.25, 0.3) is 0 Å². The van der Waals surface area contributed by atoms with Crippen LogP contribution in [-0.2, 0) is 0 Å². The summed E-state index contributed by atoms with van der Waals surface area (Å²) in [5, 5.41) is 6.72. The molecule has 13 aromatic rings. The van der Waals surface area contributed by atoms with Gasteiger partial charge in [-0.25, -0.2) is 44.9 Å². The lowest BCUT2D eigenvalue weighted by molar-refractivity contribution is 1.03. The third-order valence-electron chi connectivity index (χ3n) is 11.7. The fourth-order valence-corrected chi connectivity index (χ4v) is 8.79. The predicted molar refractivity (Wildman–Crippen MR) is 246 cm³/mol. The largest absolute Gasteiger partial charge is 0.289 e. The first-order chi connectivity index (χ1) is 31.2. The lowest BCUT2D eigenvalue weighted by Crippen LogP contribution is -2.06. The smallest absolute Gasteiger partial charge is 0.181 e. The highest BCUT2D eigenvalue weighted by Gasteiger charge is 2.23. The summed E-state index contributed by atoms with van der Waals surface area (Å²) in [6, 6.07) is 50.6. The summed E-state index contributed by atoms with van der Waals surface area (Å²) < 4.78 is 6.38. The SMILES string of the molecule is c1ccc2cc(-c3nc4ncncc4n3-c3cc(-n4c(-c5ccc6ccccc6c5)nc5ncncc54)cc(-n4c(-c5ccc6ccccc6c5)nc5ncncc54)c3)ccc2c1. The molecule has 7 aromatic carbocycles. The van der Waals surface area contributed by atoms with E-state index in [0.717, 1.165) is 82.6 Å². The highest BCUT2D eigenvalue weighted by Crippen LogP contribution is 2.37. The van der Waals surface area contributed by atoms with Crippen LogP contribution < -0.4 is 0 Å². The Labute approximate surface area is 357 Å². The average Bonchev–Trinajstić information content (AvgIpc) is 4.06. The minimum Gasteiger partial charge on any atom is -0.289 e. The molecule has 0 aliphatic rings.